The zero-order valence-electron chi connectivity index (χ0n) is 10.5. The summed E-state index contributed by atoms with van der Waals surface area (Å²) in [6.45, 7) is 4.23. The van der Waals surface area contributed by atoms with Crippen LogP contribution in [0.1, 0.15) is 18.9 Å². The predicted octanol–water partition coefficient (Wildman–Crippen LogP) is 1.82. The normalized spacial score (nSPS) is 19.7. The van der Waals surface area contributed by atoms with E-state index in [9.17, 15) is 9.59 Å². The molecule has 0 aliphatic carbocycles. The summed E-state index contributed by atoms with van der Waals surface area (Å²) in [5, 5.41) is -0.332. The van der Waals surface area contributed by atoms with Crippen LogP contribution in [-0.2, 0) is 9.59 Å². The third-order valence-electron chi connectivity index (χ3n) is 2.96. The third-order valence-corrected chi connectivity index (χ3v) is 4.22. The molecule has 0 saturated carbocycles. The maximum atomic E-state index is 12.0. The Kier molecular flexibility index (Phi) is 3.61. The Balaban J connectivity index is 2.18. The van der Waals surface area contributed by atoms with Crippen LogP contribution in [-0.4, -0.2) is 28.5 Å². The molecular weight excluding hydrogens is 248 g/mol. The number of hydrogen-bond acceptors (Lipinski definition) is 4. The highest BCUT2D eigenvalue weighted by Crippen LogP contribution is 2.34. The number of carbonyl (C=O) groups is 2. The molecule has 96 valence electrons. The molecule has 1 saturated heterocycles. The van der Waals surface area contributed by atoms with Gasteiger partial charge in [0, 0.05) is 23.5 Å². The van der Waals surface area contributed by atoms with Crippen molar-refractivity contribution in [2.24, 2.45) is 0 Å². The van der Waals surface area contributed by atoms with Crippen LogP contribution in [0.3, 0.4) is 0 Å². The van der Waals surface area contributed by atoms with Crippen LogP contribution in [0.25, 0.3) is 0 Å². The van der Waals surface area contributed by atoms with Gasteiger partial charge in [0.1, 0.15) is 0 Å². The van der Waals surface area contributed by atoms with Crippen LogP contribution in [0.4, 0.5) is 5.69 Å². The molecule has 0 aromatic heterocycles. The number of nitrogens with two attached hydrogens (primary N) is 1. The van der Waals surface area contributed by atoms with Crippen molar-refractivity contribution >= 4 is 29.3 Å². The fourth-order valence-corrected chi connectivity index (χ4v) is 3.19. The van der Waals surface area contributed by atoms with Crippen molar-refractivity contribution in [1.82, 2.24) is 4.90 Å². The molecule has 4 nitrogen and oxygen atoms in total. The molecule has 1 fully saturated rings. The van der Waals surface area contributed by atoms with E-state index in [-0.39, 0.29) is 23.5 Å². The van der Waals surface area contributed by atoms with Crippen LogP contribution in [0.5, 0.6) is 0 Å². The molecule has 1 heterocycles. The lowest BCUT2D eigenvalue weighted by Crippen LogP contribution is -2.30. The Morgan fingerprint density at radius 2 is 2.17 bits per heavy atom. The average molecular weight is 264 g/mol. The monoisotopic (exact) mass is 264 g/mol. The van der Waals surface area contributed by atoms with Crippen LogP contribution in [0, 0.1) is 6.92 Å². The van der Waals surface area contributed by atoms with Crippen molar-refractivity contribution in [3.63, 3.8) is 0 Å². The number of rotatable bonds is 3. The number of amides is 2. The van der Waals surface area contributed by atoms with Gasteiger partial charge in [0.25, 0.3) is 0 Å². The number of carbonyl (C=O) groups excluding carboxylic acids is 2. The summed E-state index contributed by atoms with van der Waals surface area (Å²) < 4.78 is 0. The zero-order valence-corrected chi connectivity index (χ0v) is 11.3. The topological polar surface area (TPSA) is 63.4 Å². The maximum Gasteiger partial charge on any atom is 0.243 e. The Bertz CT molecular complexity index is 502. The van der Waals surface area contributed by atoms with Crippen LogP contribution in [0.2, 0.25) is 0 Å². The molecule has 18 heavy (non-hydrogen) atoms. The minimum atomic E-state index is -0.332. The minimum absolute atomic E-state index is 0.0915. The van der Waals surface area contributed by atoms with Gasteiger partial charge >= 0.3 is 0 Å². The van der Waals surface area contributed by atoms with Gasteiger partial charge < -0.3 is 5.73 Å². The number of likely N-dealkylation sites (tertiary alicyclic amines) is 1. The van der Waals surface area contributed by atoms with E-state index in [0.29, 0.717) is 12.2 Å². The number of imide groups is 1. The lowest BCUT2D eigenvalue weighted by atomic mass is 10.2. The Morgan fingerprint density at radius 3 is 2.78 bits per heavy atom. The van der Waals surface area contributed by atoms with Gasteiger partial charge in [-0.05, 0) is 31.5 Å². The van der Waals surface area contributed by atoms with Crippen LogP contribution >= 0.6 is 11.8 Å². The van der Waals surface area contributed by atoms with E-state index in [2.05, 4.69) is 0 Å². The van der Waals surface area contributed by atoms with Gasteiger partial charge in [0.2, 0.25) is 11.8 Å². The van der Waals surface area contributed by atoms with Crippen molar-refractivity contribution in [2.45, 2.75) is 30.4 Å². The first kappa shape index (κ1) is 13.0. The molecule has 1 aliphatic heterocycles. The fourth-order valence-electron chi connectivity index (χ4n) is 1.97. The van der Waals surface area contributed by atoms with Crippen LogP contribution < -0.4 is 5.73 Å². The van der Waals surface area contributed by atoms with Crippen molar-refractivity contribution < 1.29 is 9.59 Å². The molecule has 5 heteroatoms. The minimum Gasteiger partial charge on any atom is -0.398 e. The van der Waals surface area contributed by atoms with Crippen molar-refractivity contribution in [1.29, 1.82) is 0 Å². The number of thioether (sulfide) groups is 1. The molecule has 1 aliphatic rings. The van der Waals surface area contributed by atoms with Crippen molar-refractivity contribution in [3.05, 3.63) is 23.8 Å². The van der Waals surface area contributed by atoms with Gasteiger partial charge in [-0.3, -0.25) is 14.5 Å². The summed E-state index contributed by atoms with van der Waals surface area (Å²) in [6, 6.07) is 5.71. The molecule has 0 bridgehead atoms. The summed E-state index contributed by atoms with van der Waals surface area (Å²) in [6.07, 6.45) is 0.269. The van der Waals surface area contributed by atoms with E-state index < -0.39 is 0 Å². The second-order valence-corrected chi connectivity index (χ2v) is 5.57. The number of benzene rings is 1. The van der Waals surface area contributed by atoms with Gasteiger partial charge in [-0.25, -0.2) is 0 Å². The lowest BCUT2D eigenvalue weighted by Gasteiger charge is -2.12. The number of aryl methyl sites for hydroxylation is 1. The van der Waals surface area contributed by atoms with Gasteiger partial charge in [-0.2, -0.15) is 0 Å². The van der Waals surface area contributed by atoms with E-state index in [1.54, 1.807) is 0 Å². The lowest BCUT2D eigenvalue weighted by molar-refractivity contribution is -0.137. The largest absolute Gasteiger partial charge is 0.398 e. The molecule has 1 atom stereocenters. The Hall–Kier alpha value is -1.49. The summed E-state index contributed by atoms with van der Waals surface area (Å²) >= 11 is 1.39. The van der Waals surface area contributed by atoms with E-state index >= 15 is 0 Å². The zero-order chi connectivity index (χ0) is 13.3. The summed E-state index contributed by atoms with van der Waals surface area (Å²) in [5.74, 6) is -0.195. The molecule has 1 aromatic rings. The van der Waals surface area contributed by atoms with Crippen molar-refractivity contribution in [2.75, 3.05) is 12.3 Å². The van der Waals surface area contributed by atoms with E-state index in [4.69, 9.17) is 5.73 Å². The maximum absolute atomic E-state index is 12.0. The standard InChI is InChI=1S/C13H16N2O2S/c1-3-15-12(16)7-11(13(15)17)18-10-6-8(2)4-5-9(10)14/h4-6,11H,3,7,14H2,1-2H3. The second-order valence-electron chi connectivity index (χ2n) is 4.33. The summed E-state index contributed by atoms with van der Waals surface area (Å²) in [4.78, 5) is 25.8. The number of anilines is 1. The molecule has 2 amide bonds. The fraction of sp³-hybridized carbons (Fsp3) is 0.385. The number of nitrogens with zero attached hydrogens (tertiary/aromatic N) is 1. The average Bonchev–Trinajstić information content (AvgIpc) is 2.59. The van der Waals surface area contributed by atoms with E-state index in [1.165, 1.54) is 16.7 Å². The Labute approximate surface area is 111 Å². The summed E-state index contributed by atoms with van der Waals surface area (Å²) in [7, 11) is 0. The highest BCUT2D eigenvalue weighted by Gasteiger charge is 2.38. The van der Waals surface area contributed by atoms with Gasteiger partial charge in [-0.1, -0.05) is 6.07 Å². The third kappa shape index (κ3) is 2.36. The van der Waals surface area contributed by atoms with Gasteiger partial charge in [-0.15, -0.1) is 11.8 Å². The first-order chi connectivity index (χ1) is 8.52. The number of nitrogen functional groups attached to an aromatic ring is 1. The Morgan fingerprint density at radius 1 is 1.44 bits per heavy atom. The predicted molar refractivity (Wildman–Crippen MR) is 72.2 cm³/mol. The highest BCUT2D eigenvalue weighted by molar-refractivity contribution is 8.00. The van der Waals surface area contributed by atoms with E-state index in [1.807, 2.05) is 32.0 Å². The molecular formula is C13H16N2O2S. The molecule has 2 N–H and O–H groups in total. The van der Waals surface area contributed by atoms with Crippen molar-refractivity contribution in [3.8, 4) is 0 Å². The first-order valence-electron chi connectivity index (χ1n) is 5.90. The van der Waals surface area contributed by atoms with Gasteiger partial charge in [0.15, 0.2) is 0 Å². The summed E-state index contributed by atoms with van der Waals surface area (Å²) in [5.41, 5.74) is 7.63. The van der Waals surface area contributed by atoms with Gasteiger partial charge in [0.05, 0.1) is 5.25 Å². The molecule has 0 radical (unpaired) electrons. The quantitative estimate of drug-likeness (QED) is 0.668. The first-order valence-corrected chi connectivity index (χ1v) is 6.78. The molecule has 1 aromatic carbocycles. The smallest absolute Gasteiger partial charge is 0.243 e. The van der Waals surface area contributed by atoms with Crippen LogP contribution in [0.15, 0.2) is 23.1 Å². The number of hydrogen-bond donors (Lipinski definition) is 1. The molecule has 0 spiro atoms. The SMILES string of the molecule is CCN1C(=O)CC(Sc2cc(C)ccc2N)C1=O. The highest BCUT2D eigenvalue weighted by atomic mass is 32.2. The molecule has 1 unspecified atom stereocenters. The molecule has 2 rings (SSSR count). The van der Waals surface area contributed by atoms with E-state index in [0.717, 1.165) is 10.5 Å². The second kappa shape index (κ2) is 5.02.